The van der Waals surface area contributed by atoms with E-state index in [2.05, 4.69) is 57.1 Å². The SMILES string of the molecule is CN=C(NCCc1ccc(-n2cccn2)cc1)NCC1(c2ccc3c(c2)OCO3)CC1. The fourth-order valence-electron chi connectivity index (χ4n) is 3.98. The maximum absolute atomic E-state index is 5.55. The summed E-state index contributed by atoms with van der Waals surface area (Å²) in [6.45, 7) is 1.98. The minimum Gasteiger partial charge on any atom is -0.454 e. The zero-order valence-corrected chi connectivity index (χ0v) is 17.7. The Labute approximate surface area is 182 Å². The number of rotatable bonds is 7. The van der Waals surface area contributed by atoms with Gasteiger partial charge in [-0.15, -0.1) is 0 Å². The van der Waals surface area contributed by atoms with Gasteiger partial charge in [0.05, 0.1) is 5.69 Å². The number of aliphatic imine (C=N–C) groups is 1. The van der Waals surface area contributed by atoms with Crippen LogP contribution in [0, 0.1) is 0 Å². The first kappa shape index (κ1) is 19.5. The number of hydrogen-bond donors (Lipinski definition) is 2. The first-order valence-corrected chi connectivity index (χ1v) is 10.7. The number of guanidine groups is 1. The molecule has 0 unspecified atom stereocenters. The lowest BCUT2D eigenvalue weighted by Crippen LogP contribution is -2.41. The van der Waals surface area contributed by atoms with Crippen molar-refractivity contribution < 1.29 is 9.47 Å². The molecular formula is C24H27N5O2. The van der Waals surface area contributed by atoms with Crippen molar-refractivity contribution in [3.8, 4) is 17.2 Å². The lowest BCUT2D eigenvalue weighted by atomic mass is 9.95. The van der Waals surface area contributed by atoms with Crippen molar-refractivity contribution >= 4 is 5.96 Å². The molecule has 1 aliphatic carbocycles. The maximum Gasteiger partial charge on any atom is 0.231 e. The second kappa shape index (κ2) is 8.34. The van der Waals surface area contributed by atoms with Crippen LogP contribution in [0.4, 0.5) is 0 Å². The molecular weight excluding hydrogens is 390 g/mol. The van der Waals surface area contributed by atoms with Gasteiger partial charge in [0.15, 0.2) is 17.5 Å². The number of fused-ring (bicyclic) bond motifs is 1. The van der Waals surface area contributed by atoms with Crippen LogP contribution in [0.1, 0.15) is 24.0 Å². The van der Waals surface area contributed by atoms with E-state index in [0.717, 1.165) is 42.7 Å². The molecule has 7 heteroatoms. The Balaban J connectivity index is 1.12. The fraction of sp³-hybridized carbons (Fsp3) is 0.333. The molecule has 1 saturated carbocycles. The van der Waals surface area contributed by atoms with Crippen LogP contribution in [0.2, 0.25) is 0 Å². The molecule has 0 atom stereocenters. The van der Waals surface area contributed by atoms with E-state index < -0.39 is 0 Å². The summed E-state index contributed by atoms with van der Waals surface area (Å²) in [5, 5.41) is 11.2. The smallest absolute Gasteiger partial charge is 0.231 e. The summed E-state index contributed by atoms with van der Waals surface area (Å²) >= 11 is 0. The van der Waals surface area contributed by atoms with Gasteiger partial charge in [0.2, 0.25) is 6.79 Å². The van der Waals surface area contributed by atoms with Crippen LogP contribution in [-0.4, -0.2) is 42.7 Å². The summed E-state index contributed by atoms with van der Waals surface area (Å²) in [7, 11) is 1.81. The number of nitrogens with one attached hydrogen (secondary N) is 2. The van der Waals surface area contributed by atoms with E-state index in [9.17, 15) is 0 Å². The molecule has 160 valence electrons. The maximum atomic E-state index is 5.55. The molecule has 0 bridgehead atoms. The van der Waals surface area contributed by atoms with Crippen molar-refractivity contribution in [3.05, 3.63) is 72.1 Å². The monoisotopic (exact) mass is 417 g/mol. The van der Waals surface area contributed by atoms with Gasteiger partial charge < -0.3 is 20.1 Å². The van der Waals surface area contributed by atoms with E-state index in [-0.39, 0.29) is 5.41 Å². The van der Waals surface area contributed by atoms with E-state index in [1.165, 1.54) is 24.0 Å². The Hall–Kier alpha value is -3.48. The van der Waals surface area contributed by atoms with Crippen LogP contribution in [0.15, 0.2) is 65.9 Å². The normalized spacial score (nSPS) is 16.2. The van der Waals surface area contributed by atoms with Gasteiger partial charge >= 0.3 is 0 Å². The van der Waals surface area contributed by atoms with E-state index in [4.69, 9.17) is 9.47 Å². The van der Waals surface area contributed by atoms with Gasteiger partial charge in [-0.2, -0.15) is 5.10 Å². The van der Waals surface area contributed by atoms with E-state index in [0.29, 0.717) is 6.79 Å². The van der Waals surface area contributed by atoms with Crippen LogP contribution >= 0.6 is 0 Å². The fourth-order valence-corrected chi connectivity index (χ4v) is 3.98. The summed E-state index contributed by atoms with van der Waals surface area (Å²) in [5.74, 6) is 2.52. The highest BCUT2D eigenvalue weighted by Crippen LogP contribution is 2.49. The van der Waals surface area contributed by atoms with Gasteiger partial charge in [0.1, 0.15) is 0 Å². The summed E-state index contributed by atoms with van der Waals surface area (Å²) in [4.78, 5) is 4.39. The molecule has 3 aromatic rings. The van der Waals surface area contributed by atoms with Crippen LogP contribution in [0.5, 0.6) is 11.5 Å². The molecule has 7 nitrogen and oxygen atoms in total. The molecule has 2 heterocycles. The van der Waals surface area contributed by atoms with Gasteiger partial charge in [-0.25, -0.2) is 4.68 Å². The number of hydrogen-bond acceptors (Lipinski definition) is 4. The van der Waals surface area contributed by atoms with Gasteiger partial charge in [-0.1, -0.05) is 18.2 Å². The molecule has 0 spiro atoms. The molecule has 2 N–H and O–H groups in total. The molecule has 31 heavy (non-hydrogen) atoms. The minimum atomic E-state index is 0.154. The van der Waals surface area contributed by atoms with Crippen molar-refractivity contribution in [2.75, 3.05) is 26.9 Å². The van der Waals surface area contributed by atoms with Crippen molar-refractivity contribution in [1.82, 2.24) is 20.4 Å². The third-order valence-electron chi connectivity index (χ3n) is 6.07. The van der Waals surface area contributed by atoms with Crippen molar-refractivity contribution in [1.29, 1.82) is 0 Å². The van der Waals surface area contributed by atoms with Crippen LogP contribution < -0.4 is 20.1 Å². The van der Waals surface area contributed by atoms with Crippen LogP contribution in [0.25, 0.3) is 5.69 Å². The molecule has 2 aromatic carbocycles. The number of nitrogens with zero attached hydrogens (tertiary/aromatic N) is 3. The summed E-state index contributed by atoms with van der Waals surface area (Å²) in [6.07, 6.45) is 6.99. The summed E-state index contributed by atoms with van der Waals surface area (Å²) in [6, 6.07) is 16.7. The van der Waals surface area contributed by atoms with Crippen molar-refractivity contribution in [2.45, 2.75) is 24.7 Å². The highest BCUT2D eigenvalue weighted by molar-refractivity contribution is 5.79. The molecule has 5 rings (SSSR count). The van der Waals surface area contributed by atoms with E-state index in [1.54, 1.807) is 6.20 Å². The second-order valence-corrected chi connectivity index (χ2v) is 8.07. The molecule has 1 aromatic heterocycles. The average Bonchev–Trinajstić information content (AvgIpc) is 3.18. The van der Waals surface area contributed by atoms with E-state index in [1.807, 2.05) is 30.1 Å². The molecule has 1 aliphatic heterocycles. The van der Waals surface area contributed by atoms with Crippen LogP contribution in [-0.2, 0) is 11.8 Å². The second-order valence-electron chi connectivity index (χ2n) is 8.07. The van der Waals surface area contributed by atoms with E-state index >= 15 is 0 Å². The number of benzene rings is 2. The predicted octanol–water partition coefficient (Wildman–Crippen LogP) is 3.04. The minimum absolute atomic E-state index is 0.154. The topological polar surface area (TPSA) is 72.7 Å². The first-order chi connectivity index (χ1) is 15.3. The Kier molecular flexibility index (Phi) is 5.24. The lowest BCUT2D eigenvalue weighted by Gasteiger charge is -2.19. The zero-order chi connectivity index (χ0) is 21.1. The van der Waals surface area contributed by atoms with Crippen LogP contribution in [0.3, 0.4) is 0 Å². The largest absolute Gasteiger partial charge is 0.454 e. The van der Waals surface area contributed by atoms with Gasteiger partial charge in [-0.3, -0.25) is 4.99 Å². The standard InChI is InChI=1S/C24H27N5O2/c1-25-23(26-13-9-18-3-6-20(7-4-18)29-14-2-12-28-29)27-16-24(10-11-24)19-5-8-21-22(15-19)31-17-30-21/h2-8,12,14-15H,9-11,13,16-17H2,1H3,(H2,25,26,27). The first-order valence-electron chi connectivity index (χ1n) is 10.7. The Bertz CT molecular complexity index is 1060. The highest BCUT2D eigenvalue weighted by Gasteiger charge is 2.44. The van der Waals surface area contributed by atoms with Gasteiger partial charge in [-0.05, 0) is 60.7 Å². The van der Waals surface area contributed by atoms with Crippen molar-refractivity contribution in [2.24, 2.45) is 4.99 Å². The quantitative estimate of drug-likeness (QED) is 0.457. The summed E-state index contributed by atoms with van der Waals surface area (Å²) < 4.78 is 12.8. The molecule has 0 saturated heterocycles. The van der Waals surface area contributed by atoms with Gasteiger partial charge in [0.25, 0.3) is 0 Å². The van der Waals surface area contributed by atoms with Gasteiger partial charge in [0, 0.05) is 37.9 Å². The zero-order valence-electron chi connectivity index (χ0n) is 17.7. The molecule has 1 fully saturated rings. The predicted molar refractivity (Wildman–Crippen MR) is 120 cm³/mol. The Morgan fingerprint density at radius 3 is 2.68 bits per heavy atom. The third-order valence-corrected chi connectivity index (χ3v) is 6.07. The average molecular weight is 418 g/mol. The molecule has 0 radical (unpaired) electrons. The molecule has 2 aliphatic rings. The lowest BCUT2D eigenvalue weighted by molar-refractivity contribution is 0.174. The third kappa shape index (κ3) is 4.21. The highest BCUT2D eigenvalue weighted by atomic mass is 16.7. The van der Waals surface area contributed by atoms with Crippen molar-refractivity contribution in [3.63, 3.8) is 0 Å². The number of ether oxygens (including phenoxy) is 2. The Morgan fingerprint density at radius 1 is 1.10 bits per heavy atom. The summed E-state index contributed by atoms with van der Waals surface area (Å²) in [5.41, 5.74) is 3.80. The number of aromatic nitrogens is 2. The Morgan fingerprint density at radius 2 is 1.94 bits per heavy atom. The molecule has 0 amide bonds.